The minimum absolute atomic E-state index is 0.0405. The molecule has 3 heterocycles. The van der Waals surface area contributed by atoms with Gasteiger partial charge in [-0.3, -0.25) is 19.4 Å². The summed E-state index contributed by atoms with van der Waals surface area (Å²) in [7, 11) is 0. The highest BCUT2D eigenvalue weighted by molar-refractivity contribution is 6.01. The van der Waals surface area contributed by atoms with Crippen molar-refractivity contribution in [3.05, 3.63) is 42.1 Å². The van der Waals surface area contributed by atoms with E-state index in [2.05, 4.69) is 10.3 Å². The van der Waals surface area contributed by atoms with Crippen molar-refractivity contribution in [2.45, 2.75) is 50.8 Å². The molecular weight excluding hydrogens is 394 g/mol. The van der Waals surface area contributed by atoms with Gasteiger partial charge >= 0.3 is 0 Å². The molecule has 7 nitrogen and oxygen atoms in total. The smallest absolute Gasteiger partial charge is 0.251 e. The van der Waals surface area contributed by atoms with Crippen LogP contribution in [0.3, 0.4) is 0 Å². The number of ether oxygens (including phenoxy) is 1. The van der Waals surface area contributed by atoms with E-state index in [1.807, 2.05) is 25.1 Å². The topological polar surface area (TPSA) is 88.6 Å². The second-order valence-electron chi connectivity index (χ2n) is 9.06. The predicted octanol–water partition coefficient (Wildman–Crippen LogP) is 2.34. The van der Waals surface area contributed by atoms with E-state index in [-0.39, 0.29) is 42.1 Å². The monoisotopic (exact) mass is 421 g/mol. The Bertz CT molecular complexity index is 1030. The molecule has 4 atom stereocenters. The number of benzene rings is 1. The number of likely N-dealkylation sites (tertiary alicyclic amines) is 1. The highest BCUT2D eigenvalue weighted by Crippen LogP contribution is 2.35. The fourth-order valence-electron chi connectivity index (χ4n) is 5.41. The molecule has 2 aliphatic heterocycles. The second kappa shape index (κ2) is 8.04. The van der Waals surface area contributed by atoms with Crippen LogP contribution < -0.4 is 5.32 Å². The van der Waals surface area contributed by atoms with Crippen molar-refractivity contribution in [1.29, 1.82) is 0 Å². The van der Waals surface area contributed by atoms with E-state index in [0.29, 0.717) is 12.1 Å². The summed E-state index contributed by atoms with van der Waals surface area (Å²) in [5.74, 6) is -0.269. The first-order chi connectivity index (χ1) is 15.0. The van der Waals surface area contributed by atoms with E-state index in [1.54, 1.807) is 23.2 Å². The van der Waals surface area contributed by atoms with Gasteiger partial charge < -0.3 is 15.0 Å². The molecule has 1 saturated carbocycles. The average molecular weight is 421 g/mol. The Balaban J connectivity index is 1.40. The van der Waals surface area contributed by atoms with Crippen molar-refractivity contribution in [1.82, 2.24) is 15.2 Å². The first-order valence-electron chi connectivity index (χ1n) is 11.1. The van der Waals surface area contributed by atoms with Crippen molar-refractivity contribution in [3.63, 3.8) is 0 Å². The number of nitrogens with zero attached hydrogens (tertiary/aromatic N) is 2. The van der Waals surface area contributed by atoms with Crippen LogP contribution in [0.15, 0.2) is 36.5 Å². The molecule has 7 heteroatoms. The van der Waals surface area contributed by atoms with Gasteiger partial charge in [0.1, 0.15) is 18.7 Å². The molecule has 31 heavy (non-hydrogen) atoms. The summed E-state index contributed by atoms with van der Waals surface area (Å²) in [5, 5.41) is 3.90. The van der Waals surface area contributed by atoms with E-state index in [4.69, 9.17) is 4.74 Å². The molecule has 0 bridgehead atoms. The predicted molar refractivity (Wildman–Crippen MR) is 114 cm³/mol. The van der Waals surface area contributed by atoms with E-state index >= 15 is 0 Å². The molecule has 2 aromatic rings. The van der Waals surface area contributed by atoms with Crippen molar-refractivity contribution in [3.8, 4) is 0 Å². The van der Waals surface area contributed by atoms with Crippen LogP contribution in [0.4, 0.5) is 0 Å². The number of carbonyl (C=O) groups excluding carboxylic acids is 3. The summed E-state index contributed by atoms with van der Waals surface area (Å²) < 4.78 is 5.64. The quantitative estimate of drug-likeness (QED) is 0.819. The normalized spacial score (nSPS) is 26.9. The zero-order valence-electron chi connectivity index (χ0n) is 17.6. The molecule has 0 radical (unpaired) electrons. The summed E-state index contributed by atoms with van der Waals surface area (Å²) in [6, 6.07) is 7.96. The standard InChI is InChI=1S/C24H27N3O4/c1-14-12-27(21-19(28)13-31-22(14)21)24(30)20(15-5-2-3-6-15)26-23(29)17-8-9-18-16(11-17)7-4-10-25-18/h4,7-11,14-15,20-22H,2-3,5-6,12-13H2,1H3,(H,26,29)/t14-,20+,21-,22-/m1/s1. The van der Waals surface area contributed by atoms with E-state index in [0.717, 1.165) is 36.6 Å². The molecular formula is C24H27N3O4. The molecule has 1 N–H and O–H groups in total. The third kappa shape index (κ3) is 3.61. The number of fused-ring (bicyclic) bond motifs is 2. The maximum absolute atomic E-state index is 13.6. The minimum atomic E-state index is -0.626. The minimum Gasteiger partial charge on any atom is -0.367 e. The summed E-state index contributed by atoms with van der Waals surface area (Å²) in [5.41, 5.74) is 1.32. The Morgan fingerprint density at radius 3 is 2.84 bits per heavy atom. The molecule has 0 spiro atoms. The van der Waals surface area contributed by atoms with Gasteiger partial charge in [0.2, 0.25) is 5.91 Å². The summed E-state index contributed by atoms with van der Waals surface area (Å²) in [6.45, 7) is 2.56. The number of carbonyl (C=O) groups is 3. The maximum atomic E-state index is 13.6. The van der Waals surface area contributed by atoms with Crippen molar-refractivity contribution >= 4 is 28.5 Å². The number of hydrogen-bond donors (Lipinski definition) is 1. The number of rotatable bonds is 4. The average Bonchev–Trinajstić information content (AvgIpc) is 3.51. The van der Waals surface area contributed by atoms with Crippen LogP contribution in [0, 0.1) is 11.8 Å². The molecule has 1 aromatic carbocycles. The van der Waals surface area contributed by atoms with Gasteiger partial charge in [0, 0.05) is 29.6 Å². The fraction of sp³-hybridized carbons (Fsp3) is 0.500. The van der Waals surface area contributed by atoms with Gasteiger partial charge in [-0.2, -0.15) is 0 Å². The van der Waals surface area contributed by atoms with E-state index in [9.17, 15) is 14.4 Å². The van der Waals surface area contributed by atoms with Crippen LogP contribution in [-0.2, 0) is 14.3 Å². The first-order valence-corrected chi connectivity index (χ1v) is 11.1. The van der Waals surface area contributed by atoms with Crippen LogP contribution >= 0.6 is 0 Å². The third-order valence-corrected chi connectivity index (χ3v) is 7.01. The maximum Gasteiger partial charge on any atom is 0.251 e. The molecule has 5 rings (SSSR count). The summed E-state index contributed by atoms with van der Waals surface area (Å²) >= 11 is 0. The molecule has 2 saturated heterocycles. The number of nitrogens with one attached hydrogen (secondary N) is 1. The Morgan fingerprint density at radius 1 is 1.23 bits per heavy atom. The zero-order chi connectivity index (χ0) is 21.5. The number of aromatic nitrogens is 1. The van der Waals surface area contributed by atoms with Gasteiger partial charge in [0.15, 0.2) is 5.78 Å². The number of hydrogen-bond acceptors (Lipinski definition) is 5. The zero-order valence-corrected chi connectivity index (χ0v) is 17.6. The third-order valence-electron chi connectivity index (χ3n) is 7.01. The Kier molecular flexibility index (Phi) is 5.22. The van der Waals surface area contributed by atoms with Crippen LogP contribution in [0.2, 0.25) is 0 Å². The van der Waals surface area contributed by atoms with Crippen LogP contribution in [0.5, 0.6) is 0 Å². The number of Topliss-reactive ketones (excluding diaryl/α,β-unsaturated/α-hetero) is 1. The van der Waals surface area contributed by atoms with Crippen LogP contribution in [-0.4, -0.2) is 58.8 Å². The van der Waals surface area contributed by atoms with Gasteiger partial charge in [-0.1, -0.05) is 25.8 Å². The molecule has 2 amide bonds. The number of ketones is 1. The highest BCUT2D eigenvalue weighted by Gasteiger charge is 2.52. The lowest BCUT2D eigenvalue weighted by atomic mass is 9.95. The van der Waals surface area contributed by atoms with Gasteiger partial charge in [0.05, 0.1) is 11.6 Å². The Labute approximate surface area is 181 Å². The first kappa shape index (κ1) is 20.1. The lowest BCUT2D eigenvalue weighted by Gasteiger charge is -2.30. The number of amides is 2. The molecule has 1 aromatic heterocycles. The summed E-state index contributed by atoms with van der Waals surface area (Å²) in [4.78, 5) is 45.2. The largest absolute Gasteiger partial charge is 0.367 e. The number of pyridine rings is 1. The van der Waals surface area contributed by atoms with Crippen molar-refractivity contribution in [2.24, 2.45) is 11.8 Å². The van der Waals surface area contributed by atoms with Crippen LogP contribution in [0.1, 0.15) is 43.0 Å². The Hall–Kier alpha value is -2.80. The molecule has 3 fully saturated rings. The van der Waals surface area contributed by atoms with E-state index in [1.165, 1.54) is 0 Å². The van der Waals surface area contributed by atoms with Crippen LogP contribution in [0.25, 0.3) is 10.9 Å². The molecule has 3 aliphatic rings. The lowest BCUT2D eigenvalue weighted by molar-refractivity contribution is -0.139. The van der Waals surface area contributed by atoms with Gasteiger partial charge in [-0.05, 0) is 43.0 Å². The van der Waals surface area contributed by atoms with Crippen molar-refractivity contribution in [2.75, 3.05) is 13.2 Å². The highest BCUT2D eigenvalue weighted by atomic mass is 16.5. The van der Waals surface area contributed by atoms with Gasteiger partial charge in [0.25, 0.3) is 5.91 Å². The lowest BCUT2D eigenvalue weighted by Crippen LogP contribution is -2.54. The van der Waals surface area contributed by atoms with Gasteiger partial charge in [-0.25, -0.2) is 0 Å². The van der Waals surface area contributed by atoms with E-state index < -0.39 is 12.1 Å². The second-order valence-corrected chi connectivity index (χ2v) is 9.06. The SMILES string of the molecule is C[C@@H]1CN(C(=O)[C@@H](NC(=O)c2ccc3ncccc3c2)C2CCCC2)[C@@H]2C(=O)CO[C@H]12. The molecule has 162 valence electrons. The molecule has 1 aliphatic carbocycles. The summed E-state index contributed by atoms with van der Waals surface area (Å²) in [6.07, 6.45) is 5.40. The fourth-order valence-corrected chi connectivity index (χ4v) is 5.41. The van der Waals surface area contributed by atoms with Gasteiger partial charge in [-0.15, -0.1) is 0 Å². The molecule has 0 unspecified atom stereocenters. The van der Waals surface area contributed by atoms with Crippen molar-refractivity contribution < 1.29 is 19.1 Å². The Morgan fingerprint density at radius 2 is 2.03 bits per heavy atom.